The predicted octanol–water partition coefficient (Wildman–Crippen LogP) is 3.05. The molecular weight excluding hydrogens is 241 g/mol. The van der Waals surface area contributed by atoms with E-state index in [-0.39, 0.29) is 11.9 Å². The van der Waals surface area contributed by atoms with Crippen LogP contribution in [0, 0.1) is 5.82 Å². The molecule has 90 valence electrons. The maximum Gasteiger partial charge on any atom is 0.129 e. The quantitative estimate of drug-likeness (QED) is 0.879. The first-order chi connectivity index (χ1) is 8.18. The Kier molecular flexibility index (Phi) is 3.76. The van der Waals surface area contributed by atoms with Crippen molar-refractivity contribution < 1.29 is 4.39 Å². The van der Waals surface area contributed by atoms with Gasteiger partial charge >= 0.3 is 0 Å². The number of nitrogens with one attached hydrogen (secondary N) is 2. The number of aromatic amines is 1. The largest absolute Gasteiger partial charge is 0.306 e. The van der Waals surface area contributed by atoms with E-state index in [9.17, 15) is 4.39 Å². The highest BCUT2D eigenvalue weighted by atomic mass is 35.5. The average Bonchev–Trinajstić information content (AvgIpc) is 2.81. The van der Waals surface area contributed by atoms with Gasteiger partial charge in [-0.1, -0.05) is 17.7 Å². The van der Waals surface area contributed by atoms with Gasteiger partial charge in [0, 0.05) is 34.9 Å². The number of halogens is 2. The summed E-state index contributed by atoms with van der Waals surface area (Å²) in [6.45, 7) is 2.37. The Morgan fingerprint density at radius 3 is 3.00 bits per heavy atom. The number of hydrogen-bond acceptors (Lipinski definition) is 2. The van der Waals surface area contributed by atoms with Crippen LogP contribution in [0.2, 0.25) is 5.02 Å². The number of hydrogen-bond donors (Lipinski definition) is 2. The van der Waals surface area contributed by atoms with E-state index in [1.54, 1.807) is 24.5 Å². The van der Waals surface area contributed by atoms with Crippen molar-refractivity contribution in [2.45, 2.75) is 19.5 Å². The zero-order valence-electron chi connectivity index (χ0n) is 9.37. The van der Waals surface area contributed by atoms with Crippen molar-refractivity contribution in [1.29, 1.82) is 0 Å². The predicted molar refractivity (Wildman–Crippen MR) is 65.3 cm³/mol. The van der Waals surface area contributed by atoms with Gasteiger partial charge in [0.05, 0.1) is 6.20 Å². The van der Waals surface area contributed by atoms with E-state index >= 15 is 0 Å². The normalized spacial score (nSPS) is 12.6. The molecule has 17 heavy (non-hydrogen) atoms. The zero-order valence-corrected chi connectivity index (χ0v) is 10.1. The molecule has 3 nitrogen and oxygen atoms in total. The molecule has 0 bridgehead atoms. The molecule has 0 amide bonds. The van der Waals surface area contributed by atoms with Crippen LogP contribution in [-0.4, -0.2) is 10.2 Å². The van der Waals surface area contributed by atoms with Crippen LogP contribution in [0.4, 0.5) is 4.39 Å². The van der Waals surface area contributed by atoms with E-state index in [0.29, 0.717) is 17.1 Å². The maximum absolute atomic E-state index is 13.5. The number of H-pyrrole nitrogens is 1. The highest BCUT2D eigenvalue weighted by Crippen LogP contribution is 2.20. The molecule has 0 saturated heterocycles. The minimum Gasteiger partial charge on any atom is -0.306 e. The van der Waals surface area contributed by atoms with Gasteiger partial charge in [-0.25, -0.2) is 4.39 Å². The summed E-state index contributed by atoms with van der Waals surface area (Å²) >= 11 is 5.94. The Hall–Kier alpha value is -1.39. The summed E-state index contributed by atoms with van der Waals surface area (Å²) in [5.74, 6) is -0.288. The molecule has 0 aliphatic carbocycles. The van der Waals surface area contributed by atoms with Crippen molar-refractivity contribution in [1.82, 2.24) is 15.5 Å². The van der Waals surface area contributed by atoms with E-state index in [0.717, 1.165) is 5.56 Å². The molecule has 2 aromatic rings. The topological polar surface area (TPSA) is 40.7 Å². The van der Waals surface area contributed by atoms with E-state index < -0.39 is 0 Å². The lowest BCUT2D eigenvalue weighted by Gasteiger charge is -2.13. The first-order valence-corrected chi connectivity index (χ1v) is 5.71. The molecule has 1 unspecified atom stereocenters. The van der Waals surface area contributed by atoms with E-state index in [1.165, 1.54) is 6.07 Å². The molecule has 1 atom stereocenters. The van der Waals surface area contributed by atoms with Crippen LogP contribution in [0.3, 0.4) is 0 Å². The zero-order chi connectivity index (χ0) is 12.3. The van der Waals surface area contributed by atoms with Crippen molar-refractivity contribution in [3.8, 4) is 0 Å². The molecule has 2 N–H and O–H groups in total. The smallest absolute Gasteiger partial charge is 0.129 e. The van der Waals surface area contributed by atoms with Gasteiger partial charge in [0.15, 0.2) is 0 Å². The van der Waals surface area contributed by atoms with E-state index in [4.69, 9.17) is 11.6 Å². The molecule has 1 aromatic carbocycles. The fourth-order valence-electron chi connectivity index (χ4n) is 1.57. The molecule has 0 aliphatic heterocycles. The molecule has 1 heterocycles. The second-order valence-electron chi connectivity index (χ2n) is 3.83. The third kappa shape index (κ3) is 2.84. The van der Waals surface area contributed by atoms with E-state index in [2.05, 4.69) is 15.5 Å². The Bertz CT molecular complexity index is 464. The Morgan fingerprint density at radius 1 is 1.53 bits per heavy atom. The van der Waals surface area contributed by atoms with Crippen LogP contribution >= 0.6 is 11.6 Å². The summed E-state index contributed by atoms with van der Waals surface area (Å²) in [4.78, 5) is 0. The fraction of sp³-hybridized carbons (Fsp3) is 0.250. The summed E-state index contributed by atoms with van der Waals surface area (Å²) in [5, 5.41) is 10.2. The highest BCUT2D eigenvalue weighted by Gasteiger charge is 2.10. The van der Waals surface area contributed by atoms with Crippen LogP contribution in [0.5, 0.6) is 0 Å². The van der Waals surface area contributed by atoms with Crippen molar-refractivity contribution in [2.75, 3.05) is 0 Å². The SMILES string of the molecule is CC(NCc1c(F)cccc1Cl)c1cn[nH]c1. The average molecular weight is 254 g/mol. The lowest BCUT2D eigenvalue weighted by Crippen LogP contribution is -2.18. The fourth-order valence-corrected chi connectivity index (χ4v) is 1.80. The Labute approximate surface area is 104 Å². The molecule has 1 aromatic heterocycles. The van der Waals surface area contributed by atoms with Crippen LogP contribution < -0.4 is 5.32 Å². The molecule has 0 aliphatic rings. The van der Waals surface area contributed by atoms with Gasteiger partial charge in [-0.2, -0.15) is 5.10 Å². The maximum atomic E-state index is 13.5. The minimum atomic E-state index is -0.288. The summed E-state index contributed by atoms with van der Waals surface area (Å²) < 4.78 is 13.5. The standard InChI is InChI=1S/C12H13ClFN3/c1-8(9-5-16-17-6-9)15-7-10-11(13)3-2-4-12(10)14/h2-6,8,15H,7H2,1H3,(H,16,17). The van der Waals surface area contributed by atoms with Crippen molar-refractivity contribution >= 4 is 11.6 Å². The van der Waals surface area contributed by atoms with Gasteiger partial charge in [-0.15, -0.1) is 0 Å². The minimum absolute atomic E-state index is 0.0874. The summed E-state index contributed by atoms with van der Waals surface area (Å²) in [5.41, 5.74) is 1.52. The second-order valence-corrected chi connectivity index (χ2v) is 4.24. The van der Waals surface area contributed by atoms with Gasteiger partial charge in [0.2, 0.25) is 0 Å². The van der Waals surface area contributed by atoms with Crippen LogP contribution in [0.15, 0.2) is 30.6 Å². The number of benzene rings is 1. The van der Waals surface area contributed by atoms with Crippen LogP contribution in [0.25, 0.3) is 0 Å². The molecule has 2 rings (SSSR count). The second kappa shape index (κ2) is 5.29. The third-order valence-electron chi connectivity index (χ3n) is 2.67. The Balaban J connectivity index is 2.03. The molecule has 0 spiro atoms. The van der Waals surface area contributed by atoms with Crippen LogP contribution in [-0.2, 0) is 6.54 Å². The van der Waals surface area contributed by atoms with Crippen molar-refractivity contribution in [3.63, 3.8) is 0 Å². The van der Waals surface area contributed by atoms with Crippen LogP contribution in [0.1, 0.15) is 24.1 Å². The van der Waals surface area contributed by atoms with Gasteiger partial charge in [-0.3, -0.25) is 5.10 Å². The summed E-state index contributed by atoms with van der Waals surface area (Å²) in [6.07, 6.45) is 3.54. The first kappa shape index (κ1) is 12.1. The van der Waals surface area contributed by atoms with Gasteiger partial charge < -0.3 is 5.32 Å². The summed E-state index contributed by atoms with van der Waals surface area (Å²) in [6, 6.07) is 4.78. The summed E-state index contributed by atoms with van der Waals surface area (Å²) in [7, 11) is 0. The monoisotopic (exact) mass is 253 g/mol. The van der Waals surface area contributed by atoms with Gasteiger partial charge in [-0.05, 0) is 19.1 Å². The number of nitrogens with zero attached hydrogens (tertiary/aromatic N) is 1. The van der Waals surface area contributed by atoms with Crippen molar-refractivity contribution in [3.05, 3.63) is 52.6 Å². The molecular formula is C12H13ClFN3. The van der Waals surface area contributed by atoms with Crippen molar-refractivity contribution in [2.24, 2.45) is 0 Å². The number of rotatable bonds is 4. The molecule has 0 fully saturated rings. The lowest BCUT2D eigenvalue weighted by atomic mass is 10.1. The van der Waals surface area contributed by atoms with E-state index in [1.807, 2.05) is 6.92 Å². The number of aromatic nitrogens is 2. The molecule has 5 heteroatoms. The molecule has 0 radical (unpaired) electrons. The lowest BCUT2D eigenvalue weighted by molar-refractivity contribution is 0.544. The molecule has 0 saturated carbocycles. The first-order valence-electron chi connectivity index (χ1n) is 5.33. The Morgan fingerprint density at radius 2 is 2.35 bits per heavy atom. The third-order valence-corrected chi connectivity index (χ3v) is 3.02. The highest BCUT2D eigenvalue weighted by molar-refractivity contribution is 6.31. The van der Waals surface area contributed by atoms with Gasteiger partial charge in [0.1, 0.15) is 5.82 Å². The van der Waals surface area contributed by atoms with Gasteiger partial charge in [0.25, 0.3) is 0 Å².